The molecule has 1 aliphatic heterocycles. The smallest absolute Gasteiger partial charge is 0.185 e. The maximum absolute atomic E-state index is 12.3. The van der Waals surface area contributed by atoms with Crippen molar-refractivity contribution >= 4 is 33.5 Å². The molecule has 0 radical (unpaired) electrons. The number of hydrogen-bond acceptors (Lipinski definition) is 3. The van der Waals surface area contributed by atoms with E-state index in [1.54, 1.807) is 23.0 Å². The number of benzene rings is 1. The van der Waals surface area contributed by atoms with Crippen molar-refractivity contribution in [3.63, 3.8) is 0 Å². The number of hydrogen-bond donors (Lipinski definition) is 0. The molecule has 0 N–H and O–H groups in total. The third-order valence-electron chi connectivity index (χ3n) is 4.20. The normalized spacial score (nSPS) is 15.3. The number of aryl methyl sites for hydroxylation is 1. The number of piperidine rings is 1. The van der Waals surface area contributed by atoms with Gasteiger partial charge in [0, 0.05) is 31.4 Å². The molecule has 0 atom stereocenters. The van der Waals surface area contributed by atoms with Gasteiger partial charge in [-0.1, -0.05) is 0 Å². The number of rotatable bonds is 4. The van der Waals surface area contributed by atoms with Crippen molar-refractivity contribution in [1.29, 1.82) is 0 Å². The molecule has 4 nitrogen and oxygen atoms in total. The van der Waals surface area contributed by atoms with Crippen LogP contribution >= 0.6 is 15.9 Å². The van der Waals surface area contributed by atoms with Crippen LogP contribution < -0.4 is 4.90 Å². The summed E-state index contributed by atoms with van der Waals surface area (Å²) in [6.45, 7) is 2.23. The molecule has 0 saturated carbocycles. The van der Waals surface area contributed by atoms with E-state index in [9.17, 15) is 4.79 Å². The van der Waals surface area contributed by atoms with Gasteiger partial charge in [0.15, 0.2) is 5.78 Å². The number of ketones is 1. The standard InChI is InChI=1S/C18H20BrN3O/c1-21-17(16(19)13-20-21)9-10-18(23)14-5-7-15(8-6-14)22-11-3-2-4-12-22/h5-10,13H,2-4,11-12H2,1H3/b10-9+. The fourth-order valence-electron chi connectivity index (χ4n) is 2.85. The largest absolute Gasteiger partial charge is 0.372 e. The average molecular weight is 374 g/mol. The highest BCUT2D eigenvalue weighted by Crippen LogP contribution is 2.21. The van der Waals surface area contributed by atoms with Crippen LogP contribution in [0.25, 0.3) is 6.08 Å². The highest BCUT2D eigenvalue weighted by Gasteiger charge is 2.11. The summed E-state index contributed by atoms with van der Waals surface area (Å²) in [5.74, 6) is 0.00305. The molecule has 1 saturated heterocycles. The Balaban J connectivity index is 1.70. The van der Waals surface area contributed by atoms with Crippen molar-refractivity contribution in [2.75, 3.05) is 18.0 Å². The number of allylic oxidation sites excluding steroid dienone is 1. The van der Waals surface area contributed by atoms with Crippen molar-refractivity contribution < 1.29 is 4.79 Å². The lowest BCUT2D eigenvalue weighted by Crippen LogP contribution is -2.29. The lowest BCUT2D eigenvalue weighted by Gasteiger charge is -2.28. The van der Waals surface area contributed by atoms with Crippen LogP contribution in [0.15, 0.2) is 41.0 Å². The molecule has 120 valence electrons. The molecule has 0 bridgehead atoms. The van der Waals surface area contributed by atoms with E-state index in [0.29, 0.717) is 5.56 Å². The van der Waals surface area contributed by atoms with E-state index in [1.165, 1.54) is 24.9 Å². The summed E-state index contributed by atoms with van der Waals surface area (Å²) in [5.41, 5.74) is 2.79. The molecule has 0 aliphatic carbocycles. The number of anilines is 1. The summed E-state index contributed by atoms with van der Waals surface area (Å²) in [6.07, 6.45) is 8.93. The Morgan fingerprint density at radius 1 is 1.17 bits per heavy atom. The fraction of sp³-hybridized carbons (Fsp3) is 0.333. The molecule has 1 aromatic heterocycles. The molecular weight excluding hydrogens is 354 g/mol. The van der Waals surface area contributed by atoms with Gasteiger partial charge in [-0.15, -0.1) is 0 Å². The summed E-state index contributed by atoms with van der Waals surface area (Å²) in [6, 6.07) is 7.92. The van der Waals surface area contributed by atoms with Gasteiger partial charge in [-0.05, 0) is 71.6 Å². The second kappa shape index (κ2) is 7.13. The van der Waals surface area contributed by atoms with Gasteiger partial charge in [0.1, 0.15) is 0 Å². The Kier molecular flexibility index (Phi) is 4.96. The summed E-state index contributed by atoms with van der Waals surface area (Å²) in [7, 11) is 1.85. The van der Waals surface area contributed by atoms with Crippen LogP contribution in [-0.2, 0) is 7.05 Å². The second-order valence-electron chi connectivity index (χ2n) is 5.79. The van der Waals surface area contributed by atoms with Gasteiger partial charge < -0.3 is 4.90 Å². The minimum atomic E-state index is 0.00305. The summed E-state index contributed by atoms with van der Waals surface area (Å²) in [4.78, 5) is 14.7. The first-order valence-corrected chi connectivity index (χ1v) is 8.69. The zero-order valence-corrected chi connectivity index (χ0v) is 14.8. The first-order chi connectivity index (χ1) is 11.1. The molecule has 1 fully saturated rings. The molecule has 0 amide bonds. The zero-order valence-electron chi connectivity index (χ0n) is 13.2. The third kappa shape index (κ3) is 3.72. The van der Waals surface area contributed by atoms with E-state index in [-0.39, 0.29) is 5.78 Å². The monoisotopic (exact) mass is 373 g/mol. The third-order valence-corrected chi connectivity index (χ3v) is 4.81. The number of carbonyl (C=O) groups is 1. The van der Waals surface area contributed by atoms with Gasteiger partial charge >= 0.3 is 0 Å². The lowest BCUT2D eigenvalue weighted by atomic mass is 10.1. The Bertz CT molecular complexity index is 693. The quantitative estimate of drug-likeness (QED) is 0.598. The van der Waals surface area contributed by atoms with Crippen LogP contribution in [-0.4, -0.2) is 28.7 Å². The molecule has 3 rings (SSSR count). The minimum absolute atomic E-state index is 0.00305. The van der Waals surface area contributed by atoms with E-state index in [0.717, 1.165) is 23.3 Å². The van der Waals surface area contributed by atoms with Gasteiger partial charge in [0.25, 0.3) is 0 Å². The van der Waals surface area contributed by atoms with Crippen molar-refractivity contribution in [1.82, 2.24) is 9.78 Å². The Hall–Kier alpha value is -1.88. The average Bonchev–Trinajstić information content (AvgIpc) is 2.92. The number of halogens is 1. The van der Waals surface area contributed by atoms with Crippen LogP contribution in [0, 0.1) is 0 Å². The molecule has 2 aromatic rings. The van der Waals surface area contributed by atoms with Crippen LogP contribution in [0.4, 0.5) is 5.69 Å². The Morgan fingerprint density at radius 3 is 2.48 bits per heavy atom. The highest BCUT2D eigenvalue weighted by atomic mass is 79.9. The lowest BCUT2D eigenvalue weighted by molar-refractivity contribution is 0.104. The van der Waals surface area contributed by atoms with Crippen LogP contribution in [0.5, 0.6) is 0 Å². The maximum atomic E-state index is 12.3. The van der Waals surface area contributed by atoms with Gasteiger partial charge in [0.05, 0.1) is 16.4 Å². The minimum Gasteiger partial charge on any atom is -0.372 e. The molecule has 1 aliphatic rings. The van der Waals surface area contributed by atoms with E-state index in [4.69, 9.17) is 0 Å². The molecule has 0 spiro atoms. The SMILES string of the molecule is Cn1ncc(Br)c1/C=C/C(=O)c1ccc(N2CCCCC2)cc1. The summed E-state index contributed by atoms with van der Waals surface area (Å²) < 4.78 is 2.61. The first-order valence-electron chi connectivity index (χ1n) is 7.90. The van der Waals surface area contributed by atoms with Crippen LogP contribution in [0.2, 0.25) is 0 Å². The van der Waals surface area contributed by atoms with Crippen molar-refractivity contribution in [2.45, 2.75) is 19.3 Å². The van der Waals surface area contributed by atoms with Crippen molar-refractivity contribution in [2.24, 2.45) is 7.05 Å². The predicted octanol–water partition coefficient (Wildman–Crippen LogP) is 4.07. The van der Waals surface area contributed by atoms with Gasteiger partial charge in [0.2, 0.25) is 0 Å². The molecule has 0 unspecified atom stereocenters. The van der Waals surface area contributed by atoms with E-state index >= 15 is 0 Å². The second-order valence-corrected chi connectivity index (χ2v) is 6.65. The molecular formula is C18H20BrN3O. The topological polar surface area (TPSA) is 38.1 Å². The van der Waals surface area contributed by atoms with Crippen molar-refractivity contribution in [3.8, 4) is 0 Å². The van der Waals surface area contributed by atoms with E-state index < -0.39 is 0 Å². The molecule has 2 heterocycles. The van der Waals surface area contributed by atoms with Gasteiger partial charge in [-0.2, -0.15) is 5.10 Å². The number of nitrogens with zero attached hydrogens (tertiary/aromatic N) is 3. The van der Waals surface area contributed by atoms with Gasteiger partial charge in [-0.3, -0.25) is 9.48 Å². The first kappa shape index (κ1) is 16.0. The van der Waals surface area contributed by atoms with Crippen LogP contribution in [0.1, 0.15) is 35.3 Å². The van der Waals surface area contributed by atoms with E-state index in [2.05, 4.69) is 25.9 Å². The number of carbonyl (C=O) groups excluding carboxylic acids is 1. The van der Waals surface area contributed by atoms with Crippen molar-refractivity contribution in [3.05, 3.63) is 52.3 Å². The molecule has 5 heteroatoms. The number of aromatic nitrogens is 2. The predicted molar refractivity (Wildman–Crippen MR) is 96.8 cm³/mol. The molecule has 23 heavy (non-hydrogen) atoms. The van der Waals surface area contributed by atoms with Gasteiger partial charge in [-0.25, -0.2) is 0 Å². The van der Waals surface area contributed by atoms with Crippen LogP contribution in [0.3, 0.4) is 0 Å². The molecule has 1 aromatic carbocycles. The summed E-state index contributed by atoms with van der Waals surface area (Å²) >= 11 is 3.43. The Labute approximate surface area is 144 Å². The zero-order chi connectivity index (χ0) is 16.2. The highest BCUT2D eigenvalue weighted by molar-refractivity contribution is 9.10. The maximum Gasteiger partial charge on any atom is 0.185 e. The van der Waals surface area contributed by atoms with E-state index in [1.807, 2.05) is 31.3 Å². The Morgan fingerprint density at radius 2 is 1.87 bits per heavy atom. The summed E-state index contributed by atoms with van der Waals surface area (Å²) in [5, 5.41) is 4.13. The fourth-order valence-corrected chi connectivity index (χ4v) is 3.33.